The van der Waals surface area contributed by atoms with Gasteiger partial charge in [0.15, 0.2) is 0 Å². The van der Waals surface area contributed by atoms with Crippen molar-refractivity contribution in [2.45, 2.75) is 11.8 Å². The van der Waals surface area contributed by atoms with Gasteiger partial charge in [0, 0.05) is 44.3 Å². The van der Waals surface area contributed by atoms with Crippen LogP contribution in [0.2, 0.25) is 15.1 Å². The summed E-state index contributed by atoms with van der Waals surface area (Å²) >= 11 is 19.4. The predicted molar refractivity (Wildman–Crippen MR) is 150 cm³/mol. The monoisotopic (exact) mass is 585 g/mol. The van der Waals surface area contributed by atoms with Gasteiger partial charge in [0.25, 0.3) is 11.1 Å². The third kappa shape index (κ3) is 5.54. The Kier molecular flexibility index (Phi) is 7.67. The van der Waals surface area contributed by atoms with E-state index in [2.05, 4.69) is 10.2 Å². The van der Waals surface area contributed by atoms with Gasteiger partial charge in [-0.15, -0.1) is 10.2 Å². The number of methoxy groups -OCH3 is 1. The lowest BCUT2D eigenvalue weighted by atomic mass is 10.1. The molecule has 0 fully saturated rings. The van der Waals surface area contributed by atoms with E-state index in [0.29, 0.717) is 38.5 Å². The number of nitrogens with zero attached hydrogens (tertiary/aromatic N) is 3. The van der Waals surface area contributed by atoms with Crippen molar-refractivity contribution in [3.63, 3.8) is 0 Å². The van der Waals surface area contributed by atoms with Crippen LogP contribution in [0.4, 0.5) is 0 Å². The first kappa shape index (κ1) is 26.2. The summed E-state index contributed by atoms with van der Waals surface area (Å²) in [4.78, 5) is 12.2. The number of fused-ring (bicyclic) bond motifs is 1. The Hall–Kier alpha value is -3.43. The zero-order chi connectivity index (χ0) is 26.8. The fourth-order valence-corrected chi connectivity index (χ4v) is 5.24. The van der Waals surface area contributed by atoms with Crippen LogP contribution in [0.1, 0.15) is 11.1 Å². The second-order valence-corrected chi connectivity index (χ2v) is 10.4. The number of thioether (sulfide) groups is 1. The van der Waals surface area contributed by atoms with Crippen molar-refractivity contribution in [3.05, 3.63) is 98.0 Å². The van der Waals surface area contributed by atoms with Crippen molar-refractivity contribution in [1.29, 1.82) is 0 Å². The topological polar surface area (TPSA) is 90.4 Å². The molecule has 0 bridgehead atoms. The summed E-state index contributed by atoms with van der Waals surface area (Å²) in [5.41, 5.74) is 3.03. The van der Waals surface area contributed by atoms with E-state index in [0.717, 1.165) is 28.2 Å². The molecule has 0 saturated carbocycles. The highest BCUT2D eigenvalue weighted by Crippen LogP contribution is 2.36. The maximum absolute atomic E-state index is 12.2. The van der Waals surface area contributed by atoms with E-state index in [1.54, 1.807) is 36.4 Å². The first-order valence-corrected chi connectivity index (χ1v) is 13.1. The molecule has 0 spiro atoms. The number of para-hydroxylation sites is 1. The minimum absolute atomic E-state index is 0.00527. The summed E-state index contributed by atoms with van der Waals surface area (Å²) in [6.07, 6.45) is 3.47. The molecule has 2 heterocycles. The molecule has 3 aromatic carbocycles. The highest BCUT2D eigenvalue weighted by Gasteiger charge is 2.19. The van der Waals surface area contributed by atoms with Gasteiger partial charge in [0.05, 0.1) is 12.7 Å². The molecule has 0 atom stereocenters. The van der Waals surface area contributed by atoms with Crippen LogP contribution in [0, 0.1) is 0 Å². The molecule has 0 amide bonds. The van der Waals surface area contributed by atoms with Gasteiger partial charge >= 0.3 is 5.97 Å². The number of carboxylic acid groups (broad SMARTS) is 1. The van der Waals surface area contributed by atoms with Crippen molar-refractivity contribution >= 4 is 69.5 Å². The summed E-state index contributed by atoms with van der Waals surface area (Å²) in [7, 11) is 1.52. The number of carboxylic acids is 1. The van der Waals surface area contributed by atoms with Crippen LogP contribution >= 0.6 is 46.6 Å². The van der Waals surface area contributed by atoms with Gasteiger partial charge in [-0.25, -0.2) is 4.79 Å². The van der Waals surface area contributed by atoms with Gasteiger partial charge < -0.3 is 18.8 Å². The molecule has 1 N–H and O–H groups in total. The number of ether oxygens (including phenoxy) is 1. The standard InChI is InChI=1S/C27H18Cl3N3O4S/c1-36-23-9-8-17(28)11-20(23)25-31-32-27(37-25)38-24(26(34)35)10-16-14-33(22-5-3-2-4-19(16)22)13-15-6-7-18(29)12-21(15)30/h2-12,14H,13H2,1H3,(H,34,35)/b24-10-. The lowest BCUT2D eigenvalue weighted by Gasteiger charge is -2.08. The SMILES string of the molecule is COc1ccc(Cl)cc1-c1nnc(S/C(=C\c2cn(Cc3ccc(Cl)cc3Cl)c3ccccc23)C(=O)O)o1. The number of halogens is 3. The summed E-state index contributed by atoms with van der Waals surface area (Å²) in [5, 5.41) is 20.5. The molecule has 0 aliphatic heterocycles. The Morgan fingerprint density at radius 1 is 1.08 bits per heavy atom. The van der Waals surface area contributed by atoms with Crippen LogP contribution in [0.3, 0.4) is 0 Å². The Labute approximate surface area is 236 Å². The zero-order valence-electron chi connectivity index (χ0n) is 19.7. The van der Waals surface area contributed by atoms with Gasteiger partial charge in [-0.3, -0.25) is 0 Å². The number of rotatable bonds is 8. The van der Waals surface area contributed by atoms with E-state index in [1.807, 2.05) is 41.1 Å². The number of aliphatic carboxylic acids is 1. The summed E-state index contributed by atoms with van der Waals surface area (Å²) in [5.74, 6) is -0.474. The van der Waals surface area contributed by atoms with Gasteiger partial charge in [-0.2, -0.15) is 0 Å². The Bertz CT molecular complexity index is 1700. The molecule has 0 aliphatic carbocycles. The van der Waals surface area contributed by atoms with Crippen molar-refractivity contribution in [1.82, 2.24) is 14.8 Å². The fraction of sp³-hybridized carbons (Fsp3) is 0.0741. The van der Waals surface area contributed by atoms with Gasteiger partial charge in [-0.1, -0.05) is 59.1 Å². The fourth-order valence-electron chi connectivity index (χ4n) is 3.93. The molecule has 0 aliphatic rings. The van der Waals surface area contributed by atoms with Gasteiger partial charge in [-0.05, 0) is 59.8 Å². The van der Waals surface area contributed by atoms with Crippen molar-refractivity contribution in [2.24, 2.45) is 0 Å². The van der Waals surface area contributed by atoms with Crippen molar-refractivity contribution in [3.8, 4) is 17.2 Å². The number of hydrogen-bond donors (Lipinski definition) is 1. The molecule has 0 saturated heterocycles. The van der Waals surface area contributed by atoms with E-state index in [4.69, 9.17) is 44.0 Å². The first-order valence-electron chi connectivity index (χ1n) is 11.1. The van der Waals surface area contributed by atoms with Crippen LogP contribution in [-0.2, 0) is 11.3 Å². The normalized spacial score (nSPS) is 11.7. The molecule has 192 valence electrons. The molecule has 2 aromatic heterocycles. The molecule has 0 radical (unpaired) electrons. The first-order chi connectivity index (χ1) is 18.3. The van der Waals surface area contributed by atoms with Gasteiger partial charge in [0.1, 0.15) is 10.7 Å². The summed E-state index contributed by atoms with van der Waals surface area (Å²) in [6, 6.07) is 18.1. The molecule has 5 rings (SSSR count). The Balaban J connectivity index is 1.48. The lowest BCUT2D eigenvalue weighted by Crippen LogP contribution is -1.98. The highest BCUT2D eigenvalue weighted by atomic mass is 35.5. The van der Waals surface area contributed by atoms with E-state index in [-0.39, 0.29) is 16.0 Å². The lowest BCUT2D eigenvalue weighted by molar-refractivity contribution is -0.131. The molecular weight excluding hydrogens is 569 g/mol. The summed E-state index contributed by atoms with van der Waals surface area (Å²) in [6.45, 7) is 0.481. The smallest absolute Gasteiger partial charge is 0.342 e. The van der Waals surface area contributed by atoms with Crippen LogP contribution in [-0.4, -0.2) is 33.0 Å². The van der Waals surface area contributed by atoms with Crippen LogP contribution < -0.4 is 4.74 Å². The summed E-state index contributed by atoms with van der Waals surface area (Å²) < 4.78 is 13.1. The van der Waals surface area contributed by atoms with E-state index < -0.39 is 5.97 Å². The maximum atomic E-state index is 12.2. The van der Waals surface area contributed by atoms with Crippen LogP contribution in [0.15, 0.2) is 81.4 Å². The number of hydrogen-bond acceptors (Lipinski definition) is 6. The molecule has 0 unspecified atom stereocenters. The van der Waals surface area contributed by atoms with E-state index in [9.17, 15) is 9.90 Å². The van der Waals surface area contributed by atoms with Crippen LogP contribution in [0.25, 0.3) is 28.4 Å². The second kappa shape index (κ2) is 11.1. The number of aromatic nitrogens is 3. The third-order valence-corrected chi connectivity index (χ3v) is 7.34. The molecule has 38 heavy (non-hydrogen) atoms. The molecule has 11 heteroatoms. The quantitative estimate of drug-likeness (QED) is 0.146. The minimum Gasteiger partial charge on any atom is -0.496 e. The van der Waals surface area contributed by atoms with Crippen LogP contribution in [0.5, 0.6) is 5.75 Å². The van der Waals surface area contributed by atoms with E-state index in [1.165, 1.54) is 7.11 Å². The average Bonchev–Trinajstić information content (AvgIpc) is 3.50. The maximum Gasteiger partial charge on any atom is 0.342 e. The average molecular weight is 587 g/mol. The molecule has 7 nitrogen and oxygen atoms in total. The number of benzene rings is 3. The predicted octanol–water partition coefficient (Wildman–Crippen LogP) is 7.93. The largest absolute Gasteiger partial charge is 0.496 e. The van der Waals surface area contributed by atoms with Crippen molar-refractivity contribution in [2.75, 3.05) is 7.11 Å². The molecule has 5 aromatic rings. The zero-order valence-corrected chi connectivity index (χ0v) is 22.8. The Morgan fingerprint density at radius 3 is 2.61 bits per heavy atom. The molecular formula is C27H18Cl3N3O4S. The minimum atomic E-state index is -1.13. The second-order valence-electron chi connectivity index (χ2n) is 8.10. The van der Waals surface area contributed by atoms with Crippen molar-refractivity contribution < 1.29 is 19.1 Å². The number of carbonyl (C=O) groups is 1. The van der Waals surface area contributed by atoms with E-state index >= 15 is 0 Å². The highest BCUT2D eigenvalue weighted by molar-refractivity contribution is 8.03. The Morgan fingerprint density at radius 2 is 1.84 bits per heavy atom. The van der Waals surface area contributed by atoms with Gasteiger partial charge in [0.2, 0.25) is 0 Å². The third-order valence-electron chi connectivity index (χ3n) is 5.67.